The maximum Gasteiger partial charge on any atom is 0.175 e. The highest BCUT2D eigenvalue weighted by Gasteiger charge is 2.18. The molecule has 0 bridgehead atoms. The summed E-state index contributed by atoms with van der Waals surface area (Å²) in [4.78, 5) is 0.340. The third kappa shape index (κ3) is 2.91. The van der Waals surface area contributed by atoms with Gasteiger partial charge in [0.1, 0.15) is 0 Å². The number of hydrogen-bond acceptors (Lipinski definition) is 3. The van der Waals surface area contributed by atoms with Crippen molar-refractivity contribution in [2.75, 3.05) is 19.5 Å². The van der Waals surface area contributed by atoms with E-state index in [1.54, 1.807) is 12.1 Å². The summed E-state index contributed by atoms with van der Waals surface area (Å²) in [6, 6.07) is 17.1. The summed E-state index contributed by atoms with van der Waals surface area (Å²) in [5.41, 5.74) is 4.46. The Morgan fingerprint density at radius 2 is 1.33 bits per heavy atom. The zero-order chi connectivity index (χ0) is 14.9. The van der Waals surface area contributed by atoms with Gasteiger partial charge in [-0.3, -0.25) is 0 Å². The van der Waals surface area contributed by atoms with Crippen molar-refractivity contribution in [1.82, 2.24) is 0 Å². The van der Waals surface area contributed by atoms with E-state index >= 15 is 0 Å². The molecule has 0 saturated carbocycles. The smallest absolute Gasteiger partial charge is 0.175 e. The Kier molecular flexibility index (Phi) is 3.66. The first kappa shape index (κ1) is 14.0. The molecule has 1 aliphatic heterocycles. The summed E-state index contributed by atoms with van der Waals surface area (Å²) in [5, 5.41) is 0. The standard InChI is InChI=1S/C17H16O3S/c1-21(18,19)15-9-7-14(8-10-15)17-12-20-11-16(17)13-5-3-2-4-6-13/h2-10H,11-12H2,1H3. The molecular weight excluding hydrogens is 284 g/mol. The second-order valence-corrected chi connectivity index (χ2v) is 7.13. The summed E-state index contributed by atoms with van der Waals surface area (Å²) in [7, 11) is -3.16. The molecule has 0 N–H and O–H groups in total. The largest absolute Gasteiger partial charge is 0.372 e. The lowest BCUT2D eigenvalue weighted by molar-refractivity contribution is 0.219. The highest BCUT2D eigenvalue weighted by Crippen LogP contribution is 2.32. The van der Waals surface area contributed by atoms with E-state index in [9.17, 15) is 8.42 Å². The highest BCUT2D eigenvalue weighted by atomic mass is 32.2. The van der Waals surface area contributed by atoms with Gasteiger partial charge in [0.15, 0.2) is 9.84 Å². The molecule has 1 aliphatic rings. The minimum absolute atomic E-state index is 0.340. The van der Waals surface area contributed by atoms with Gasteiger partial charge in [0.2, 0.25) is 0 Å². The summed E-state index contributed by atoms with van der Waals surface area (Å²) < 4.78 is 28.6. The van der Waals surface area contributed by atoms with Crippen LogP contribution < -0.4 is 0 Å². The topological polar surface area (TPSA) is 43.4 Å². The monoisotopic (exact) mass is 300 g/mol. The minimum Gasteiger partial charge on any atom is -0.372 e. The fraction of sp³-hybridized carbons (Fsp3) is 0.176. The molecule has 0 atom stereocenters. The zero-order valence-corrected chi connectivity index (χ0v) is 12.6. The lowest BCUT2D eigenvalue weighted by atomic mass is 9.97. The molecule has 0 unspecified atom stereocenters. The van der Waals surface area contributed by atoms with E-state index in [0.717, 1.165) is 16.7 Å². The molecule has 2 aromatic rings. The van der Waals surface area contributed by atoms with Crippen LogP contribution in [0.2, 0.25) is 0 Å². The van der Waals surface area contributed by atoms with E-state index in [0.29, 0.717) is 18.1 Å². The van der Waals surface area contributed by atoms with Gasteiger partial charge in [-0.05, 0) is 34.4 Å². The maximum absolute atomic E-state index is 11.5. The average molecular weight is 300 g/mol. The number of ether oxygens (including phenoxy) is 1. The van der Waals surface area contributed by atoms with E-state index in [4.69, 9.17) is 4.74 Å². The van der Waals surface area contributed by atoms with Crippen molar-refractivity contribution in [1.29, 1.82) is 0 Å². The van der Waals surface area contributed by atoms with Gasteiger partial charge in [0.25, 0.3) is 0 Å². The fourth-order valence-corrected chi connectivity index (χ4v) is 3.12. The Hall–Kier alpha value is -1.91. The summed E-state index contributed by atoms with van der Waals surface area (Å²) in [6.07, 6.45) is 1.22. The number of benzene rings is 2. The molecule has 4 heteroatoms. The van der Waals surface area contributed by atoms with Crippen molar-refractivity contribution in [3.63, 3.8) is 0 Å². The van der Waals surface area contributed by atoms with Crippen LogP contribution in [-0.2, 0) is 14.6 Å². The van der Waals surface area contributed by atoms with Crippen molar-refractivity contribution in [3.05, 3.63) is 65.7 Å². The first-order chi connectivity index (χ1) is 10.1. The molecule has 2 aromatic carbocycles. The predicted molar refractivity (Wildman–Crippen MR) is 83.6 cm³/mol. The van der Waals surface area contributed by atoms with Gasteiger partial charge in [-0.1, -0.05) is 42.5 Å². The van der Waals surface area contributed by atoms with Crippen LogP contribution in [-0.4, -0.2) is 27.9 Å². The molecule has 1 heterocycles. The summed E-state index contributed by atoms with van der Waals surface area (Å²) in [5.74, 6) is 0. The number of hydrogen-bond donors (Lipinski definition) is 0. The molecule has 0 fully saturated rings. The Labute approximate surface area is 124 Å². The van der Waals surface area contributed by atoms with E-state index < -0.39 is 9.84 Å². The lowest BCUT2D eigenvalue weighted by Crippen LogP contribution is -1.97. The molecule has 21 heavy (non-hydrogen) atoms. The summed E-state index contributed by atoms with van der Waals surface area (Å²) in [6.45, 7) is 1.15. The molecule has 0 amide bonds. The van der Waals surface area contributed by atoms with Crippen molar-refractivity contribution in [2.24, 2.45) is 0 Å². The van der Waals surface area contributed by atoms with Gasteiger partial charge in [0.05, 0.1) is 18.1 Å². The van der Waals surface area contributed by atoms with Crippen LogP contribution in [0.4, 0.5) is 0 Å². The predicted octanol–water partition coefficient (Wildman–Crippen LogP) is 3.03. The van der Waals surface area contributed by atoms with Gasteiger partial charge < -0.3 is 4.74 Å². The number of rotatable bonds is 3. The quantitative estimate of drug-likeness (QED) is 0.875. The minimum atomic E-state index is -3.16. The third-order valence-electron chi connectivity index (χ3n) is 3.61. The van der Waals surface area contributed by atoms with Gasteiger partial charge in [0, 0.05) is 6.26 Å². The van der Waals surface area contributed by atoms with E-state index in [2.05, 4.69) is 12.1 Å². The first-order valence-corrected chi connectivity index (χ1v) is 8.60. The molecule has 0 saturated heterocycles. The molecule has 0 aromatic heterocycles. The molecule has 3 rings (SSSR count). The number of sulfone groups is 1. The van der Waals surface area contributed by atoms with Crippen LogP contribution in [0.15, 0.2) is 59.5 Å². The SMILES string of the molecule is CS(=O)(=O)c1ccc(C2=C(c3ccccc3)COC2)cc1. The van der Waals surface area contributed by atoms with Crippen LogP contribution >= 0.6 is 0 Å². The highest BCUT2D eigenvalue weighted by molar-refractivity contribution is 7.90. The molecular formula is C17H16O3S. The summed E-state index contributed by atoms with van der Waals surface area (Å²) >= 11 is 0. The zero-order valence-electron chi connectivity index (χ0n) is 11.7. The van der Waals surface area contributed by atoms with Crippen molar-refractivity contribution in [2.45, 2.75) is 4.90 Å². The molecule has 0 radical (unpaired) electrons. The van der Waals surface area contributed by atoms with E-state index in [-0.39, 0.29) is 0 Å². The first-order valence-electron chi connectivity index (χ1n) is 6.71. The van der Waals surface area contributed by atoms with Crippen LogP contribution in [0.1, 0.15) is 11.1 Å². The van der Waals surface area contributed by atoms with E-state index in [1.165, 1.54) is 11.8 Å². The Bertz CT molecular complexity index is 773. The van der Waals surface area contributed by atoms with Crippen molar-refractivity contribution >= 4 is 21.0 Å². The Morgan fingerprint density at radius 3 is 1.86 bits per heavy atom. The second-order valence-electron chi connectivity index (χ2n) is 5.11. The third-order valence-corrected chi connectivity index (χ3v) is 4.74. The molecule has 0 aliphatic carbocycles. The van der Waals surface area contributed by atoms with Crippen molar-refractivity contribution < 1.29 is 13.2 Å². The van der Waals surface area contributed by atoms with Gasteiger partial charge in [-0.15, -0.1) is 0 Å². The molecule has 3 nitrogen and oxygen atoms in total. The average Bonchev–Trinajstić information content (AvgIpc) is 2.97. The van der Waals surface area contributed by atoms with Crippen LogP contribution in [0.3, 0.4) is 0 Å². The van der Waals surface area contributed by atoms with Crippen LogP contribution in [0, 0.1) is 0 Å². The fourth-order valence-electron chi connectivity index (χ4n) is 2.49. The van der Waals surface area contributed by atoms with Gasteiger partial charge in [-0.25, -0.2) is 8.42 Å². The Balaban J connectivity index is 2.03. The van der Waals surface area contributed by atoms with Crippen molar-refractivity contribution in [3.8, 4) is 0 Å². The van der Waals surface area contributed by atoms with Gasteiger partial charge >= 0.3 is 0 Å². The lowest BCUT2D eigenvalue weighted by Gasteiger charge is -2.07. The molecule has 108 valence electrons. The van der Waals surface area contributed by atoms with E-state index in [1.807, 2.05) is 30.3 Å². The van der Waals surface area contributed by atoms with Crippen LogP contribution in [0.25, 0.3) is 11.1 Å². The second kappa shape index (κ2) is 5.47. The molecule has 0 spiro atoms. The normalized spacial score (nSPS) is 15.5. The maximum atomic E-state index is 11.5. The Morgan fingerprint density at radius 1 is 0.810 bits per heavy atom. The van der Waals surface area contributed by atoms with Crippen LogP contribution in [0.5, 0.6) is 0 Å². The van der Waals surface area contributed by atoms with Gasteiger partial charge in [-0.2, -0.15) is 0 Å².